The smallest absolute Gasteiger partial charge is 0.152 e. The first-order valence-corrected chi connectivity index (χ1v) is 2.51. The molecule has 5 heteroatoms. The first-order valence-electron chi connectivity index (χ1n) is 1.49. The van der Waals surface area contributed by atoms with E-state index < -0.39 is 8.85 Å². The molecule has 0 aliphatic carbocycles. The Balaban J connectivity index is -0.0000000575. The van der Waals surface area contributed by atoms with Crippen LogP contribution in [0.3, 0.4) is 0 Å². The summed E-state index contributed by atoms with van der Waals surface area (Å²) in [6.07, 6.45) is 1.75. The van der Waals surface area contributed by atoms with E-state index in [1.165, 1.54) is 0 Å². The van der Waals surface area contributed by atoms with Crippen LogP contribution in [-0.4, -0.2) is 0 Å². The maximum Gasteiger partial charge on any atom is 0.456 e. The van der Waals surface area contributed by atoms with E-state index in [2.05, 4.69) is 6.58 Å². The molecule has 0 bridgehead atoms. The molecule has 0 unspecified atom stereocenters. The van der Waals surface area contributed by atoms with Gasteiger partial charge in [0.15, 0.2) is 0 Å². The summed E-state index contributed by atoms with van der Waals surface area (Å²) in [4.78, 5) is 0. The van der Waals surface area contributed by atoms with Gasteiger partial charge in [0.2, 0.25) is 0 Å². The van der Waals surface area contributed by atoms with Gasteiger partial charge in [-0.2, -0.15) is 12.6 Å². The Hall–Kier alpha value is 0.454. The van der Waals surface area contributed by atoms with Crippen LogP contribution < -0.4 is 0 Å². The van der Waals surface area contributed by atoms with Gasteiger partial charge in [-0.3, -0.25) is 0 Å². The second kappa shape index (κ2) is 15.7. The molecule has 0 heterocycles. The average Bonchev–Trinajstić information content (AvgIpc) is 1.33. The minimum absolute atomic E-state index is 0. The largest absolute Gasteiger partial charge is 0.456 e. The van der Waals surface area contributed by atoms with E-state index in [-0.39, 0.29) is 16.5 Å². The zero-order valence-corrected chi connectivity index (χ0v) is 6.06. The summed E-state index contributed by atoms with van der Waals surface area (Å²) in [5.41, 5.74) is 0. The van der Waals surface area contributed by atoms with Gasteiger partial charge in [-0.25, -0.2) is 0 Å². The number of halogens is 3. The first kappa shape index (κ1) is 15.8. The van der Waals surface area contributed by atoms with Gasteiger partial charge in [0.25, 0.3) is 0 Å². The van der Waals surface area contributed by atoms with E-state index in [9.17, 15) is 12.6 Å². The van der Waals surface area contributed by atoms with Gasteiger partial charge in [0.05, 0.1) is 0 Å². The molecule has 54 valence electrons. The van der Waals surface area contributed by atoms with Gasteiger partial charge < -0.3 is 0 Å². The van der Waals surface area contributed by atoms with Crippen molar-refractivity contribution in [1.29, 1.82) is 0 Å². The van der Waals surface area contributed by atoms with E-state index in [4.69, 9.17) is 0 Å². The van der Waals surface area contributed by atoms with Crippen molar-refractivity contribution in [2.45, 2.75) is 6.92 Å². The van der Waals surface area contributed by atoms with Crippen LogP contribution in [0.5, 0.6) is 0 Å². The summed E-state index contributed by atoms with van der Waals surface area (Å²) < 4.78 is 29.2. The molecule has 0 nitrogen and oxygen atoms in total. The topological polar surface area (TPSA) is 0 Å². The molecule has 0 aromatic carbocycles. The quantitative estimate of drug-likeness (QED) is 0.311. The molecule has 0 N–H and O–H groups in total. The Morgan fingerprint density at radius 3 is 1.38 bits per heavy atom. The predicted octanol–water partition coefficient (Wildman–Crippen LogP) is 3.31. The molecular formula is C3H6F3NiP. The monoisotopic (exact) mass is 188 g/mol. The third-order valence-electron chi connectivity index (χ3n) is 0. The second-order valence-corrected chi connectivity index (χ2v) is 0.983. The standard InChI is InChI=1S/C3H6.F3P.Ni/c1-3-2;1-4(2)3;/h3H,1H2,2H3;;. The molecule has 0 aliphatic heterocycles. The van der Waals surface area contributed by atoms with Crippen LogP contribution in [0.25, 0.3) is 0 Å². The van der Waals surface area contributed by atoms with Crippen molar-refractivity contribution < 1.29 is 29.1 Å². The number of hydrogen-bond donors (Lipinski definition) is 0. The Morgan fingerprint density at radius 2 is 1.38 bits per heavy atom. The normalized spacial score (nSPS) is 6.12. The van der Waals surface area contributed by atoms with E-state index in [0.717, 1.165) is 0 Å². The van der Waals surface area contributed by atoms with Crippen LogP contribution >= 0.6 is 8.85 Å². The van der Waals surface area contributed by atoms with Crippen molar-refractivity contribution in [3.05, 3.63) is 12.7 Å². The molecule has 0 amide bonds. The second-order valence-electron chi connectivity index (χ2n) is 0.600. The third kappa shape index (κ3) is 933. The van der Waals surface area contributed by atoms with Crippen LogP contribution in [0.15, 0.2) is 12.7 Å². The minimum Gasteiger partial charge on any atom is -0.152 e. The molecule has 0 aromatic rings. The van der Waals surface area contributed by atoms with Crippen LogP contribution in [0.1, 0.15) is 6.92 Å². The molecule has 0 aromatic heterocycles. The van der Waals surface area contributed by atoms with E-state index in [1.54, 1.807) is 6.08 Å². The van der Waals surface area contributed by atoms with Gasteiger partial charge in [-0.05, 0) is 6.92 Å². The zero-order chi connectivity index (χ0) is 6.28. The summed E-state index contributed by atoms with van der Waals surface area (Å²) in [7, 11) is -4.12. The van der Waals surface area contributed by atoms with Crippen LogP contribution in [0, 0.1) is 0 Å². The summed E-state index contributed by atoms with van der Waals surface area (Å²) in [5, 5.41) is 0. The number of allylic oxidation sites excluding steroid dienone is 1. The SMILES string of the molecule is C=CC.FP(F)F.[Ni]. The van der Waals surface area contributed by atoms with Gasteiger partial charge in [0, 0.05) is 16.5 Å². The van der Waals surface area contributed by atoms with E-state index in [0.29, 0.717) is 0 Å². The molecule has 0 saturated heterocycles. The molecule has 0 fully saturated rings. The Kier molecular flexibility index (Phi) is 30.9. The van der Waals surface area contributed by atoms with Crippen molar-refractivity contribution in [3.63, 3.8) is 0 Å². The minimum atomic E-state index is -4.12. The fourth-order valence-corrected chi connectivity index (χ4v) is 0. The number of rotatable bonds is 0. The van der Waals surface area contributed by atoms with Crippen molar-refractivity contribution in [2.75, 3.05) is 0 Å². The Bertz CT molecular complexity index is 38.8. The summed E-state index contributed by atoms with van der Waals surface area (Å²) in [6, 6.07) is 0. The van der Waals surface area contributed by atoms with Crippen LogP contribution in [0.4, 0.5) is 12.6 Å². The van der Waals surface area contributed by atoms with Gasteiger partial charge >= 0.3 is 8.85 Å². The molecule has 8 heavy (non-hydrogen) atoms. The van der Waals surface area contributed by atoms with Gasteiger partial charge in [0.1, 0.15) is 0 Å². The van der Waals surface area contributed by atoms with Crippen LogP contribution in [0.2, 0.25) is 0 Å². The molecule has 0 saturated carbocycles. The van der Waals surface area contributed by atoms with Crippen molar-refractivity contribution in [1.82, 2.24) is 0 Å². The Morgan fingerprint density at radius 1 is 1.38 bits per heavy atom. The maximum absolute atomic E-state index is 9.73. The van der Waals surface area contributed by atoms with Crippen molar-refractivity contribution in [3.8, 4) is 0 Å². The fraction of sp³-hybridized carbons (Fsp3) is 0.333. The van der Waals surface area contributed by atoms with Crippen molar-refractivity contribution >= 4 is 8.85 Å². The first-order chi connectivity index (χ1) is 3.15. The zero-order valence-electron chi connectivity index (χ0n) is 4.18. The average molecular weight is 189 g/mol. The fourth-order valence-electron chi connectivity index (χ4n) is 0. The third-order valence-corrected chi connectivity index (χ3v) is 0. The summed E-state index contributed by atoms with van der Waals surface area (Å²) in [5.74, 6) is 0. The Labute approximate surface area is 58.2 Å². The maximum atomic E-state index is 9.73. The van der Waals surface area contributed by atoms with Gasteiger partial charge in [-0.1, -0.05) is 6.08 Å². The molecular weight excluding hydrogens is 183 g/mol. The molecule has 0 rings (SSSR count). The van der Waals surface area contributed by atoms with E-state index in [1.807, 2.05) is 6.92 Å². The molecule has 0 aliphatic rings. The summed E-state index contributed by atoms with van der Waals surface area (Å²) >= 11 is 0. The molecule has 0 atom stereocenters. The van der Waals surface area contributed by atoms with Crippen molar-refractivity contribution in [2.24, 2.45) is 0 Å². The predicted molar refractivity (Wildman–Crippen MR) is 26.1 cm³/mol. The molecule has 0 spiro atoms. The summed E-state index contributed by atoms with van der Waals surface area (Å²) in [6.45, 7) is 5.25. The van der Waals surface area contributed by atoms with Crippen LogP contribution in [-0.2, 0) is 16.5 Å². The van der Waals surface area contributed by atoms with E-state index >= 15 is 0 Å². The van der Waals surface area contributed by atoms with Gasteiger partial charge in [-0.15, -0.1) is 6.58 Å². The number of hydrogen-bond acceptors (Lipinski definition) is 0. The molecule has 0 radical (unpaired) electrons.